The predicted molar refractivity (Wildman–Crippen MR) is 120 cm³/mol. The van der Waals surface area contributed by atoms with Gasteiger partial charge in [0.2, 0.25) is 0 Å². The van der Waals surface area contributed by atoms with Crippen molar-refractivity contribution in [2.45, 2.75) is 0 Å². The highest BCUT2D eigenvalue weighted by Gasteiger charge is 2.30. The Morgan fingerprint density at radius 3 is 2.43 bits per heavy atom. The van der Waals surface area contributed by atoms with Crippen molar-refractivity contribution in [3.63, 3.8) is 0 Å². The van der Waals surface area contributed by atoms with Crippen LogP contribution < -0.4 is 9.47 Å². The van der Waals surface area contributed by atoms with Crippen molar-refractivity contribution in [2.75, 3.05) is 28.4 Å². The molecule has 30 heavy (non-hydrogen) atoms. The van der Waals surface area contributed by atoms with E-state index in [1.807, 2.05) is 6.07 Å². The van der Waals surface area contributed by atoms with E-state index < -0.39 is 5.97 Å². The number of amides is 1. The van der Waals surface area contributed by atoms with Gasteiger partial charge >= 0.3 is 5.97 Å². The minimum absolute atomic E-state index is 0.157. The second-order valence-corrected chi connectivity index (χ2v) is 8.01. The molecule has 1 heterocycles. The zero-order chi connectivity index (χ0) is 21.8. The van der Waals surface area contributed by atoms with E-state index >= 15 is 0 Å². The fraction of sp³-hybridized carbons (Fsp3) is 0.190. The summed E-state index contributed by atoms with van der Waals surface area (Å²) in [6, 6.07) is 10.3. The highest BCUT2D eigenvalue weighted by Crippen LogP contribution is 2.39. The predicted octanol–water partition coefficient (Wildman–Crippen LogP) is 4.49. The van der Waals surface area contributed by atoms with Gasteiger partial charge in [-0.05, 0) is 75.7 Å². The minimum atomic E-state index is -0.414. The molecule has 1 aliphatic rings. The molecule has 156 valence electrons. The van der Waals surface area contributed by atoms with E-state index in [0.717, 1.165) is 10.0 Å². The molecule has 2 aromatic rings. The van der Waals surface area contributed by atoms with Crippen LogP contribution in [-0.2, 0) is 9.53 Å². The van der Waals surface area contributed by atoms with Crippen LogP contribution in [0.15, 0.2) is 50.8 Å². The Kier molecular flexibility index (Phi) is 6.84. The maximum absolute atomic E-state index is 12.7. The van der Waals surface area contributed by atoms with Crippen molar-refractivity contribution >= 4 is 56.5 Å². The van der Waals surface area contributed by atoms with Gasteiger partial charge in [-0.1, -0.05) is 0 Å². The Hall–Kier alpha value is -2.78. The molecule has 1 fully saturated rings. The molecule has 7 nitrogen and oxygen atoms in total. The maximum atomic E-state index is 12.7. The van der Waals surface area contributed by atoms with E-state index in [4.69, 9.17) is 14.2 Å². The number of nitrogens with zero attached hydrogens (tertiary/aromatic N) is 2. The second kappa shape index (κ2) is 9.36. The van der Waals surface area contributed by atoms with E-state index in [1.165, 1.54) is 23.8 Å². The van der Waals surface area contributed by atoms with Crippen molar-refractivity contribution in [2.24, 2.45) is 4.99 Å². The summed E-state index contributed by atoms with van der Waals surface area (Å²) >= 11 is 4.73. The van der Waals surface area contributed by atoms with E-state index in [2.05, 4.69) is 20.9 Å². The fourth-order valence-electron chi connectivity index (χ4n) is 2.72. The third-order valence-electron chi connectivity index (χ3n) is 4.27. The Bertz CT molecular complexity index is 1050. The van der Waals surface area contributed by atoms with Gasteiger partial charge in [0.25, 0.3) is 5.91 Å². The number of esters is 1. The van der Waals surface area contributed by atoms with Crippen LogP contribution in [0.3, 0.4) is 0 Å². The van der Waals surface area contributed by atoms with Gasteiger partial charge in [-0.25, -0.2) is 9.79 Å². The highest BCUT2D eigenvalue weighted by molar-refractivity contribution is 9.10. The molecule has 0 radical (unpaired) electrons. The average molecular weight is 491 g/mol. The van der Waals surface area contributed by atoms with E-state index in [1.54, 1.807) is 57.7 Å². The lowest BCUT2D eigenvalue weighted by molar-refractivity contribution is -0.121. The normalized spacial score (nSPS) is 16.3. The van der Waals surface area contributed by atoms with Gasteiger partial charge in [0, 0.05) is 7.05 Å². The number of carbonyl (C=O) groups is 2. The molecule has 2 aromatic carbocycles. The van der Waals surface area contributed by atoms with Gasteiger partial charge in [0.15, 0.2) is 16.7 Å². The van der Waals surface area contributed by atoms with E-state index in [9.17, 15) is 9.59 Å². The number of methoxy groups -OCH3 is 3. The Morgan fingerprint density at radius 1 is 1.13 bits per heavy atom. The topological polar surface area (TPSA) is 77.4 Å². The van der Waals surface area contributed by atoms with Gasteiger partial charge in [-0.3, -0.25) is 9.69 Å². The molecular weight excluding hydrogens is 472 g/mol. The number of halogens is 1. The van der Waals surface area contributed by atoms with Gasteiger partial charge < -0.3 is 14.2 Å². The monoisotopic (exact) mass is 490 g/mol. The average Bonchev–Trinajstić information content (AvgIpc) is 3.01. The van der Waals surface area contributed by atoms with Crippen molar-refractivity contribution in [1.29, 1.82) is 0 Å². The quantitative estimate of drug-likeness (QED) is 0.453. The molecule has 0 aliphatic carbocycles. The number of ether oxygens (including phenoxy) is 3. The first-order valence-electron chi connectivity index (χ1n) is 8.74. The number of benzene rings is 2. The number of aliphatic imine (C=N–C) groups is 1. The number of hydrogen-bond acceptors (Lipinski definition) is 7. The van der Waals surface area contributed by atoms with Crippen molar-refractivity contribution in [3.8, 4) is 11.5 Å². The number of hydrogen-bond donors (Lipinski definition) is 0. The summed E-state index contributed by atoms with van der Waals surface area (Å²) in [5, 5.41) is 0.539. The van der Waals surface area contributed by atoms with Crippen LogP contribution in [-0.4, -0.2) is 50.3 Å². The molecule has 1 saturated heterocycles. The Balaban J connectivity index is 1.88. The third kappa shape index (κ3) is 4.52. The largest absolute Gasteiger partial charge is 0.493 e. The van der Waals surface area contributed by atoms with Gasteiger partial charge in [0.05, 0.1) is 42.0 Å². The standard InChI is InChI=1S/C21H19BrN2O5S/c1-24-19(25)17(11-12-9-15(22)18(28-3)16(10-12)27-2)30-21(24)23-14-7-5-13(6-8-14)20(26)29-4/h5-11H,1-4H3/b17-11+,23-21?. The molecule has 0 spiro atoms. The number of carbonyl (C=O) groups excluding carboxylic acids is 2. The molecule has 0 aromatic heterocycles. The molecule has 0 saturated carbocycles. The van der Waals surface area contributed by atoms with Crippen LogP contribution in [0.1, 0.15) is 15.9 Å². The Labute approximate surface area is 186 Å². The second-order valence-electron chi connectivity index (χ2n) is 6.15. The molecule has 3 rings (SSSR count). The zero-order valence-corrected chi connectivity index (χ0v) is 19.2. The molecule has 9 heteroatoms. The zero-order valence-electron chi connectivity index (χ0n) is 16.8. The summed E-state index contributed by atoms with van der Waals surface area (Å²) in [5.41, 5.74) is 1.84. The van der Waals surface area contributed by atoms with E-state index in [-0.39, 0.29) is 5.91 Å². The first-order valence-corrected chi connectivity index (χ1v) is 10.3. The highest BCUT2D eigenvalue weighted by atomic mass is 79.9. The van der Waals surface area contributed by atoms with Crippen molar-refractivity contribution in [3.05, 3.63) is 56.9 Å². The summed E-state index contributed by atoms with van der Waals surface area (Å²) in [6.45, 7) is 0. The van der Waals surface area contributed by atoms with Crippen molar-refractivity contribution in [1.82, 2.24) is 4.90 Å². The minimum Gasteiger partial charge on any atom is -0.493 e. The molecule has 1 aliphatic heterocycles. The van der Waals surface area contributed by atoms with E-state index in [0.29, 0.717) is 32.8 Å². The van der Waals surface area contributed by atoms with Crippen LogP contribution in [0, 0.1) is 0 Å². The number of amidine groups is 1. The van der Waals surface area contributed by atoms with Crippen LogP contribution in [0.5, 0.6) is 11.5 Å². The molecule has 0 bridgehead atoms. The fourth-order valence-corrected chi connectivity index (χ4v) is 4.33. The Morgan fingerprint density at radius 2 is 1.83 bits per heavy atom. The van der Waals surface area contributed by atoms with Crippen molar-refractivity contribution < 1.29 is 23.8 Å². The summed E-state index contributed by atoms with van der Waals surface area (Å²) < 4.78 is 16.1. The summed E-state index contributed by atoms with van der Waals surface area (Å²) in [4.78, 5) is 30.8. The smallest absolute Gasteiger partial charge is 0.337 e. The lowest BCUT2D eigenvalue weighted by Gasteiger charge is -2.10. The number of rotatable bonds is 5. The van der Waals surface area contributed by atoms with Crippen LogP contribution >= 0.6 is 27.7 Å². The van der Waals surface area contributed by atoms with Crippen LogP contribution in [0.25, 0.3) is 6.08 Å². The molecule has 1 amide bonds. The summed E-state index contributed by atoms with van der Waals surface area (Å²) in [5.74, 6) is 0.570. The summed E-state index contributed by atoms with van der Waals surface area (Å²) in [7, 11) is 6.12. The molecular formula is C21H19BrN2O5S. The number of likely N-dealkylation sites (N-methyl/N-ethyl adjacent to an activating group) is 1. The van der Waals surface area contributed by atoms with Gasteiger partial charge in [0.1, 0.15) is 0 Å². The maximum Gasteiger partial charge on any atom is 0.337 e. The van der Waals surface area contributed by atoms with Gasteiger partial charge in [-0.15, -0.1) is 0 Å². The lowest BCUT2D eigenvalue weighted by atomic mass is 10.2. The molecule has 0 N–H and O–H groups in total. The third-order valence-corrected chi connectivity index (χ3v) is 5.92. The molecule has 0 unspecified atom stereocenters. The van der Waals surface area contributed by atoms with Gasteiger partial charge in [-0.2, -0.15) is 0 Å². The summed E-state index contributed by atoms with van der Waals surface area (Å²) in [6.07, 6.45) is 1.78. The number of thioether (sulfide) groups is 1. The first kappa shape index (κ1) is 21.9. The van der Waals surface area contributed by atoms with Crippen LogP contribution in [0.2, 0.25) is 0 Å². The first-order chi connectivity index (χ1) is 14.4. The lowest BCUT2D eigenvalue weighted by Crippen LogP contribution is -2.23. The van der Waals surface area contributed by atoms with Crippen LogP contribution in [0.4, 0.5) is 5.69 Å². The molecule has 0 atom stereocenters. The SMILES string of the molecule is COC(=O)c1ccc(N=C2S/C(=C/c3cc(Br)c(OC)c(OC)c3)C(=O)N2C)cc1.